The van der Waals surface area contributed by atoms with E-state index < -0.39 is 5.25 Å². The zero-order valence-corrected chi connectivity index (χ0v) is 18.9. The van der Waals surface area contributed by atoms with Crippen molar-refractivity contribution < 1.29 is 14.3 Å². The van der Waals surface area contributed by atoms with Crippen molar-refractivity contribution in [3.8, 4) is 17.2 Å². The minimum Gasteiger partial charge on any atom is -0.493 e. The number of amides is 1. The molecule has 1 amide bonds. The molecule has 0 radical (unpaired) electrons. The van der Waals surface area contributed by atoms with E-state index in [1.54, 1.807) is 38.3 Å². The molecule has 0 fully saturated rings. The highest BCUT2D eigenvalue weighted by atomic mass is 32.2. The summed E-state index contributed by atoms with van der Waals surface area (Å²) in [5.41, 5.74) is 3.28. The molecule has 0 aliphatic heterocycles. The summed E-state index contributed by atoms with van der Waals surface area (Å²) in [4.78, 5) is 25.0. The van der Waals surface area contributed by atoms with Crippen LogP contribution in [0.15, 0.2) is 58.4 Å². The van der Waals surface area contributed by atoms with E-state index in [1.165, 1.54) is 29.6 Å². The Bertz CT molecular complexity index is 1160. The van der Waals surface area contributed by atoms with E-state index in [4.69, 9.17) is 9.47 Å². The molecule has 0 bridgehead atoms. The van der Waals surface area contributed by atoms with Gasteiger partial charge in [0, 0.05) is 17.8 Å². The first kappa shape index (κ1) is 22.4. The van der Waals surface area contributed by atoms with Crippen LogP contribution in [0.4, 0.5) is 5.69 Å². The van der Waals surface area contributed by atoms with E-state index in [-0.39, 0.29) is 11.5 Å². The number of hydrogen-bond acceptors (Lipinski definition) is 6. The second-order valence-corrected chi connectivity index (χ2v) is 8.37. The lowest BCUT2D eigenvalue weighted by atomic mass is 10.1. The average Bonchev–Trinajstić information content (AvgIpc) is 2.76. The first-order valence-corrected chi connectivity index (χ1v) is 10.6. The van der Waals surface area contributed by atoms with Crippen LogP contribution in [0.5, 0.6) is 11.5 Å². The molecule has 0 aliphatic rings. The van der Waals surface area contributed by atoms with Gasteiger partial charge in [0.2, 0.25) is 5.91 Å². The molecule has 7 nitrogen and oxygen atoms in total. The number of rotatable bonds is 7. The molecule has 0 saturated heterocycles. The Morgan fingerprint density at radius 1 is 1.00 bits per heavy atom. The predicted octanol–water partition coefficient (Wildman–Crippen LogP) is 3.99. The molecule has 3 rings (SSSR count). The number of ether oxygens (including phenoxy) is 2. The predicted molar refractivity (Wildman–Crippen MR) is 123 cm³/mol. The van der Waals surface area contributed by atoms with Crippen molar-refractivity contribution >= 4 is 23.4 Å². The summed E-state index contributed by atoms with van der Waals surface area (Å²) in [6, 6.07) is 14.0. The molecule has 31 heavy (non-hydrogen) atoms. The number of aryl methyl sites for hydroxylation is 2. The topological polar surface area (TPSA) is 82.5 Å². The quantitative estimate of drug-likeness (QED) is 0.561. The average molecular weight is 440 g/mol. The molecular weight excluding hydrogens is 414 g/mol. The van der Waals surface area contributed by atoms with Gasteiger partial charge in [0.1, 0.15) is 5.03 Å². The van der Waals surface area contributed by atoms with Gasteiger partial charge in [0.25, 0.3) is 5.56 Å². The molecule has 3 aromatic rings. The Balaban J connectivity index is 1.75. The molecule has 0 spiro atoms. The fourth-order valence-electron chi connectivity index (χ4n) is 2.89. The summed E-state index contributed by atoms with van der Waals surface area (Å²) in [6.07, 6.45) is 0. The van der Waals surface area contributed by atoms with Gasteiger partial charge < -0.3 is 14.8 Å². The van der Waals surface area contributed by atoms with Gasteiger partial charge in [-0.3, -0.25) is 9.59 Å². The lowest BCUT2D eigenvalue weighted by Gasteiger charge is -2.14. The van der Waals surface area contributed by atoms with E-state index in [9.17, 15) is 9.59 Å². The van der Waals surface area contributed by atoms with E-state index in [0.717, 1.165) is 11.1 Å². The zero-order chi connectivity index (χ0) is 22.5. The van der Waals surface area contributed by atoms with E-state index in [2.05, 4.69) is 10.4 Å². The van der Waals surface area contributed by atoms with E-state index >= 15 is 0 Å². The molecule has 1 N–H and O–H groups in total. The molecule has 8 heteroatoms. The number of nitrogens with zero attached hydrogens (tertiary/aromatic N) is 2. The maximum absolute atomic E-state index is 12.7. The smallest absolute Gasteiger partial charge is 0.271 e. The highest BCUT2D eigenvalue weighted by Gasteiger charge is 2.17. The number of nitrogens with one attached hydrogen (secondary N) is 1. The van der Waals surface area contributed by atoms with Crippen LogP contribution in [0.1, 0.15) is 18.1 Å². The summed E-state index contributed by atoms with van der Waals surface area (Å²) in [6.45, 7) is 5.79. The van der Waals surface area contributed by atoms with Gasteiger partial charge >= 0.3 is 0 Å². The van der Waals surface area contributed by atoms with Crippen molar-refractivity contribution in [3.05, 3.63) is 70.0 Å². The Kier molecular flexibility index (Phi) is 7.02. The number of aromatic nitrogens is 2. The monoisotopic (exact) mass is 439 g/mol. The normalized spacial score (nSPS) is 11.6. The summed E-state index contributed by atoms with van der Waals surface area (Å²) in [7, 11) is 3.09. The van der Waals surface area contributed by atoms with Gasteiger partial charge in [-0.15, -0.1) is 0 Å². The highest BCUT2D eigenvalue weighted by molar-refractivity contribution is 8.00. The fourth-order valence-corrected chi connectivity index (χ4v) is 3.70. The molecule has 1 aromatic heterocycles. The lowest BCUT2D eigenvalue weighted by Crippen LogP contribution is -2.24. The van der Waals surface area contributed by atoms with Crippen LogP contribution in [0, 0.1) is 13.8 Å². The van der Waals surface area contributed by atoms with Crippen molar-refractivity contribution in [3.63, 3.8) is 0 Å². The van der Waals surface area contributed by atoms with E-state index in [1.807, 2.05) is 32.0 Å². The molecule has 162 valence electrons. The number of anilines is 1. The summed E-state index contributed by atoms with van der Waals surface area (Å²) < 4.78 is 11.8. The number of carbonyl (C=O) groups is 1. The number of benzene rings is 2. The summed E-state index contributed by atoms with van der Waals surface area (Å²) >= 11 is 1.27. The maximum Gasteiger partial charge on any atom is 0.271 e. The molecule has 0 aliphatic carbocycles. The number of hydrogen-bond donors (Lipinski definition) is 1. The standard InChI is InChI=1S/C23H25N3O4S/c1-14-6-8-18(12-15(14)2)26-22(27)11-10-21(25-26)31-16(3)23(28)24-17-7-9-19(29-4)20(13-17)30-5/h6-13,16H,1-5H3,(H,24,28)/t16-/m0/s1. The van der Waals surface area contributed by atoms with Crippen LogP contribution >= 0.6 is 11.8 Å². The van der Waals surface area contributed by atoms with Crippen LogP contribution in [0.3, 0.4) is 0 Å². The maximum atomic E-state index is 12.7. The van der Waals surface area contributed by atoms with E-state index in [0.29, 0.717) is 27.9 Å². The van der Waals surface area contributed by atoms with Crippen molar-refractivity contribution in [1.29, 1.82) is 0 Å². The van der Waals surface area contributed by atoms with Crippen molar-refractivity contribution in [1.82, 2.24) is 9.78 Å². The first-order chi connectivity index (χ1) is 14.8. The van der Waals surface area contributed by atoms with Gasteiger partial charge in [-0.05, 0) is 62.2 Å². The third-order valence-electron chi connectivity index (χ3n) is 4.83. The van der Waals surface area contributed by atoms with Crippen molar-refractivity contribution in [2.45, 2.75) is 31.0 Å². The minimum absolute atomic E-state index is 0.192. The van der Waals surface area contributed by atoms with Crippen molar-refractivity contribution in [2.75, 3.05) is 19.5 Å². The number of carbonyl (C=O) groups excluding carboxylic acids is 1. The molecule has 0 saturated carbocycles. The second-order valence-electron chi connectivity index (χ2n) is 7.01. The van der Waals surface area contributed by atoms with Gasteiger partial charge in [-0.25, -0.2) is 0 Å². The minimum atomic E-state index is -0.439. The molecule has 1 heterocycles. The number of thioether (sulfide) groups is 1. The second kappa shape index (κ2) is 9.70. The van der Waals surface area contributed by atoms with Gasteiger partial charge in [0.15, 0.2) is 11.5 Å². The Labute approximate surface area is 185 Å². The van der Waals surface area contributed by atoms with Crippen molar-refractivity contribution in [2.24, 2.45) is 0 Å². The van der Waals surface area contributed by atoms with Gasteiger partial charge in [0.05, 0.1) is 25.2 Å². The summed E-state index contributed by atoms with van der Waals surface area (Å²) in [5, 5.41) is 7.45. The summed E-state index contributed by atoms with van der Waals surface area (Å²) in [5.74, 6) is 0.923. The third kappa shape index (κ3) is 5.27. The molecular formula is C23H25N3O4S. The molecule has 1 atom stereocenters. The third-order valence-corrected chi connectivity index (χ3v) is 5.86. The van der Waals surface area contributed by atoms with Crippen LogP contribution in [0.25, 0.3) is 5.69 Å². The Morgan fingerprint density at radius 2 is 1.74 bits per heavy atom. The molecule has 0 unspecified atom stereocenters. The Hall–Kier alpha value is -3.26. The molecule has 2 aromatic carbocycles. The lowest BCUT2D eigenvalue weighted by molar-refractivity contribution is -0.115. The largest absolute Gasteiger partial charge is 0.493 e. The number of methoxy groups -OCH3 is 2. The SMILES string of the molecule is COc1ccc(NC(=O)[C@H](C)Sc2ccc(=O)n(-c3ccc(C)c(C)c3)n2)cc1OC. The zero-order valence-electron chi connectivity index (χ0n) is 18.1. The van der Waals surface area contributed by atoms with Crippen LogP contribution in [0.2, 0.25) is 0 Å². The highest BCUT2D eigenvalue weighted by Crippen LogP contribution is 2.30. The fraction of sp³-hybridized carbons (Fsp3) is 0.261. The Morgan fingerprint density at radius 3 is 2.42 bits per heavy atom. The first-order valence-electron chi connectivity index (χ1n) is 9.70. The van der Waals surface area contributed by atoms with Crippen LogP contribution < -0.4 is 20.3 Å². The van der Waals surface area contributed by atoms with Gasteiger partial charge in [-0.1, -0.05) is 17.8 Å². The van der Waals surface area contributed by atoms with Crippen LogP contribution in [-0.4, -0.2) is 35.2 Å². The van der Waals surface area contributed by atoms with Crippen LogP contribution in [-0.2, 0) is 4.79 Å². The van der Waals surface area contributed by atoms with Gasteiger partial charge in [-0.2, -0.15) is 9.78 Å².